The third-order valence-electron chi connectivity index (χ3n) is 2.35. The number of nitrogens with zero attached hydrogens (tertiary/aromatic N) is 1. The molecule has 0 bridgehead atoms. The molecule has 9 heteroatoms. The fourth-order valence-electron chi connectivity index (χ4n) is 1.28. The van der Waals surface area contributed by atoms with E-state index < -0.39 is 14.9 Å². The van der Waals surface area contributed by atoms with Crippen LogP contribution in [-0.2, 0) is 10.0 Å². The van der Waals surface area contributed by atoms with Crippen LogP contribution in [0.4, 0.5) is 10.7 Å². The molecule has 0 atom stereocenters. The van der Waals surface area contributed by atoms with E-state index in [1.54, 1.807) is 0 Å². The number of nitrogens with one attached hydrogen (secondary N) is 1. The third-order valence-corrected chi connectivity index (χ3v) is 5.23. The summed E-state index contributed by atoms with van der Waals surface area (Å²) in [6.07, 6.45) is 0.662. The van der Waals surface area contributed by atoms with E-state index in [9.17, 15) is 18.5 Å². The summed E-state index contributed by atoms with van der Waals surface area (Å²) in [6.45, 7) is 6.26. The Labute approximate surface area is 116 Å². The first-order valence-electron chi connectivity index (χ1n) is 5.56. The number of rotatable bonds is 5. The lowest BCUT2D eigenvalue weighted by Crippen LogP contribution is -2.26. The number of thiophene rings is 1. The van der Waals surface area contributed by atoms with E-state index in [4.69, 9.17) is 5.73 Å². The Kier molecular flexibility index (Phi) is 4.54. The topological polar surface area (TPSA) is 115 Å². The molecule has 108 valence electrons. The Morgan fingerprint density at radius 3 is 2.47 bits per heavy atom. The van der Waals surface area contributed by atoms with Crippen LogP contribution in [0.2, 0.25) is 0 Å². The van der Waals surface area contributed by atoms with Gasteiger partial charge >= 0.3 is 5.69 Å². The highest BCUT2D eigenvalue weighted by molar-refractivity contribution is 7.91. The largest absolute Gasteiger partial charge is 0.385 e. The highest BCUT2D eigenvalue weighted by Crippen LogP contribution is 2.34. The number of hydrogen-bond acceptors (Lipinski definition) is 6. The first-order valence-corrected chi connectivity index (χ1v) is 7.86. The predicted octanol–water partition coefficient (Wildman–Crippen LogP) is 1.95. The van der Waals surface area contributed by atoms with E-state index in [1.807, 2.05) is 20.8 Å². The minimum absolute atomic E-state index is 0.00297. The van der Waals surface area contributed by atoms with E-state index in [0.29, 0.717) is 17.8 Å². The van der Waals surface area contributed by atoms with Crippen LogP contribution in [0.15, 0.2) is 10.3 Å². The molecular formula is C10H17N3O4S2. The summed E-state index contributed by atoms with van der Waals surface area (Å²) in [4.78, 5) is 9.93. The van der Waals surface area contributed by atoms with Crippen molar-refractivity contribution in [1.29, 1.82) is 0 Å². The minimum Gasteiger partial charge on any atom is -0.385 e. The van der Waals surface area contributed by atoms with E-state index in [-0.39, 0.29) is 26.9 Å². The Hall–Kier alpha value is -1.19. The fraction of sp³-hybridized carbons (Fsp3) is 0.600. The van der Waals surface area contributed by atoms with Gasteiger partial charge in [-0.05, 0) is 11.8 Å². The quantitative estimate of drug-likeness (QED) is 0.637. The molecule has 1 aromatic rings. The Morgan fingerprint density at radius 1 is 1.47 bits per heavy atom. The molecule has 0 amide bonds. The van der Waals surface area contributed by atoms with Crippen molar-refractivity contribution >= 4 is 32.0 Å². The van der Waals surface area contributed by atoms with Crippen molar-refractivity contribution in [3.05, 3.63) is 16.2 Å². The van der Waals surface area contributed by atoms with Gasteiger partial charge in [0, 0.05) is 12.6 Å². The molecule has 0 unspecified atom stereocenters. The molecule has 0 radical (unpaired) electrons. The zero-order chi connectivity index (χ0) is 14.8. The van der Waals surface area contributed by atoms with Gasteiger partial charge in [-0.25, -0.2) is 13.1 Å². The van der Waals surface area contributed by atoms with Gasteiger partial charge in [-0.15, -0.1) is 0 Å². The van der Waals surface area contributed by atoms with Crippen LogP contribution in [0.1, 0.15) is 27.2 Å². The zero-order valence-corrected chi connectivity index (χ0v) is 12.6. The number of anilines is 1. The van der Waals surface area contributed by atoms with Crippen molar-refractivity contribution in [3.8, 4) is 0 Å². The molecule has 0 fully saturated rings. The van der Waals surface area contributed by atoms with Crippen molar-refractivity contribution in [2.75, 3.05) is 12.3 Å². The second kappa shape index (κ2) is 5.43. The van der Waals surface area contributed by atoms with Crippen LogP contribution in [0.3, 0.4) is 0 Å². The summed E-state index contributed by atoms with van der Waals surface area (Å²) in [5.41, 5.74) is 5.05. The summed E-state index contributed by atoms with van der Waals surface area (Å²) >= 11 is 0.693. The van der Waals surface area contributed by atoms with Crippen molar-refractivity contribution in [2.24, 2.45) is 5.41 Å². The molecule has 0 aromatic carbocycles. The maximum absolute atomic E-state index is 11.9. The van der Waals surface area contributed by atoms with Gasteiger partial charge in [-0.3, -0.25) is 10.1 Å². The molecule has 0 aliphatic rings. The number of nitro groups is 1. The highest BCUT2D eigenvalue weighted by Gasteiger charge is 2.24. The van der Waals surface area contributed by atoms with Gasteiger partial charge in [0.15, 0.2) is 5.00 Å². The van der Waals surface area contributed by atoms with E-state index in [0.717, 1.165) is 6.07 Å². The number of nitrogens with two attached hydrogens (primary N) is 1. The van der Waals surface area contributed by atoms with Gasteiger partial charge in [-0.1, -0.05) is 32.1 Å². The van der Waals surface area contributed by atoms with E-state index in [2.05, 4.69) is 4.72 Å². The molecule has 7 nitrogen and oxygen atoms in total. The molecule has 0 aliphatic carbocycles. The smallest absolute Gasteiger partial charge is 0.304 e. The van der Waals surface area contributed by atoms with E-state index >= 15 is 0 Å². The molecule has 0 saturated carbocycles. The maximum atomic E-state index is 11.9. The average Bonchev–Trinajstić information content (AvgIpc) is 2.58. The number of hydrogen-bond donors (Lipinski definition) is 2. The normalized spacial score (nSPS) is 12.6. The van der Waals surface area contributed by atoms with Gasteiger partial charge < -0.3 is 5.73 Å². The van der Waals surface area contributed by atoms with Gasteiger partial charge in [0.05, 0.1) is 4.92 Å². The van der Waals surface area contributed by atoms with Crippen LogP contribution in [0.5, 0.6) is 0 Å². The van der Waals surface area contributed by atoms with Gasteiger partial charge in [-0.2, -0.15) is 0 Å². The molecule has 3 N–H and O–H groups in total. The summed E-state index contributed by atoms with van der Waals surface area (Å²) < 4.78 is 26.1. The highest BCUT2D eigenvalue weighted by atomic mass is 32.2. The molecular weight excluding hydrogens is 290 g/mol. The van der Waals surface area contributed by atoms with Crippen LogP contribution in [-0.4, -0.2) is 19.9 Å². The average molecular weight is 307 g/mol. The van der Waals surface area contributed by atoms with Gasteiger partial charge in [0.1, 0.15) is 4.21 Å². The molecule has 1 rings (SSSR count). The van der Waals surface area contributed by atoms with Crippen LogP contribution >= 0.6 is 11.3 Å². The molecule has 0 spiro atoms. The summed E-state index contributed by atoms with van der Waals surface area (Å²) in [5.74, 6) is 0. The SMILES string of the molecule is CC(C)(C)CCNS(=O)(=O)c1cc([N+](=O)[O-])c(N)s1. The Morgan fingerprint density at radius 2 is 2.05 bits per heavy atom. The first kappa shape index (κ1) is 15.9. The molecule has 1 aromatic heterocycles. The lowest BCUT2D eigenvalue weighted by Gasteiger charge is -2.17. The van der Waals surface area contributed by atoms with Crippen molar-refractivity contribution < 1.29 is 13.3 Å². The standard InChI is InChI=1S/C10H17N3O4S2/c1-10(2,3)4-5-12-19(16,17)8-6-7(13(14)15)9(11)18-8/h6,12H,4-5,11H2,1-3H3. The van der Waals surface area contributed by atoms with E-state index in [1.165, 1.54) is 0 Å². The lowest BCUT2D eigenvalue weighted by atomic mass is 9.93. The minimum atomic E-state index is -3.73. The first-order chi connectivity index (χ1) is 8.53. The summed E-state index contributed by atoms with van der Waals surface area (Å²) in [7, 11) is -3.73. The molecule has 1 heterocycles. The zero-order valence-electron chi connectivity index (χ0n) is 11.0. The summed E-state index contributed by atoms with van der Waals surface area (Å²) in [5, 5.41) is 10.5. The van der Waals surface area contributed by atoms with Crippen LogP contribution in [0, 0.1) is 15.5 Å². The summed E-state index contributed by atoms with van der Waals surface area (Å²) in [6, 6.07) is 0.986. The fourth-order valence-corrected chi connectivity index (χ4v) is 3.57. The van der Waals surface area contributed by atoms with Crippen LogP contribution in [0.25, 0.3) is 0 Å². The maximum Gasteiger partial charge on any atom is 0.304 e. The van der Waals surface area contributed by atoms with Crippen molar-refractivity contribution in [1.82, 2.24) is 4.72 Å². The molecule has 19 heavy (non-hydrogen) atoms. The monoisotopic (exact) mass is 307 g/mol. The van der Waals surface area contributed by atoms with Crippen molar-refractivity contribution in [2.45, 2.75) is 31.4 Å². The second-order valence-electron chi connectivity index (χ2n) is 5.28. The van der Waals surface area contributed by atoms with Crippen LogP contribution < -0.4 is 10.5 Å². The Bertz CT molecular complexity index is 572. The lowest BCUT2D eigenvalue weighted by molar-refractivity contribution is -0.383. The van der Waals surface area contributed by atoms with Gasteiger partial charge in [0.2, 0.25) is 10.0 Å². The van der Waals surface area contributed by atoms with Gasteiger partial charge in [0.25, 0.3) is 0 Å². The molecule has 0 saturated heterocycles. The number of sulfonamides is 1. The van der Waals surface area contributed by atoms with Crippen molar-refractivity contribution in [3.63, 3.8) is 0 Å². The number of nitrogen functional groups attached to an aromatic ring is 1. The second-order valence-corrected chi connectivity index (χ2v) is 8.36. The predicted molar refractivity (Wildman–Crippen MR) is 74.6 cm³/mol. The third kappa shape index (κ3) is 4.44. The Balaban J connectivity index is 2.84. The molecule has 0 aliphatic heterocycles.